The minimum absolute atomic E-state index is 0.0698. The van der Waals surface area contributed by atoms with E-state index in [0.717, 1.165) is 18.7 Å². The van der Waals surface area contributed by atoms with Crippen molar-refractivity contribution in [3.05, 3.63) is 50.7 Å². The van der Waals surface area contributed by atoms with Gasteiger partial charge in [0.2, 0.25) is 5.95 Å². The highest BCUT2D eigenvalue weighted by Crippen LogP contribution is 2.31. The van der Waals surface area contributed by atoms with Crippen molar-refractivity contribution in [3.8, 4) is 0 Å². The van der Waals surface area contributed by atoms with Gasteiger partial charge in [0.25, 0.3) is 5.56 Å². The molecule has 0 radical (unpaired) electrons. The maximum atomic E-state index is 12.9. The molecule has 8 nitrogen and oxygen atoms in total. The SMILES string of the molecule is CCc1ccc(N2CCn3c2nc2c3c(=O)n(CCCO)c(=O)n2C)cc1. The lowest BCUT2D eigenvalue weighted by molar-refractivity contribution is 0.277. The Hall–Kier alpha value is -2.87. The zero-order chi connectivity index (χ0) is 19.1. The largest absolute Gasteiger partial charge is 0.396 e. The number of aryl methyl sites for hydroxylation is 2. The van der Waals surface area contributed by atoms with Crippen LogP contribution in [0.4, 0.5) is 11.6 Å². The van der Waals surface area contributed by atoms with Crippen molar-refractivity contribution in [1.82, 2.24) is 18.7 Å². The van der Waals surface area contributed by atoms with Crippen molar-refractivity contribution < 1.29 is 5.11 Å². The van der Waals surface area contributed by atoms with Crippen molar-refractivity contribution >= 4 is 22.8 Å². The Morgan fingerprint density at radius 3 is 2.56 bits per heavy atom. The molecule has 0 saturated carbocycles. The number of fused-ring (bicyclic) bond motifs is 3. The quantitative estimate of drug-likeness (QED) is 0.725. The van der Waals surface area contributed by atoms with Gasteiger partial charge in [0.05, 0.1) is 0 Å². The first-order valence-electron chi connectivity index (χ1n) is 9.24. The van der Waals surface area contributed by atoms with Crippen LogP contribution in [-0.2, 0) is 26.6 Å². The fourth-order valence-electron chi connectivity index (χ4n) is 3.66. The standard InChI is InChI=1S/C19H23N5O3/c1-3-13-5-7-14(8-6-13)22-10-11-23-15-16(20-18(22)23)21(2)19(27)24(17(15)26)9-4-12-25/h5-8,25H,3-4,9-12H2,1-2H3. The molecule has 0 atom stereocenters. The van der Waals surface area contributed by atoms with E-state index in [-0.39, 0.29) is 18.7 Å². The predicted molar refractivity (Wildman–Crippen MR) is 104 cm³/mol. The minimum Gasteiger partial charge on any atom is -0.396 e. The molecule has 8 heteroatoms. The minimum atomic E-state index is -0.406. The lowest BCUT2D eigenvalue weighted by Crippen LogP contribution is -2.39. The van der Waals surface area contributed by atoms with Crippen LogP contribution in [0.2, 0.25) is 0 Å². The third-order valence-electron chi connectivity index (χ3n) is 5.20. The predicted octanol–water partition coefficient (Wildman–Crippen LogP) is 0.993. The number of rotatable bonds is 5. The van der Waals surface area contributed by atoms with Gasteiger partial charge in [-0.2, -0.15) is 4.98 Å². The summed E-state index contributed by atoms with van der Waals surface area (Å²) >= 11 is 0. The highest BCUT2D eigenvalue weighted by Gasteiger charge is 2.28. The molecule has 0 saturated heterocycles. The molecule has 0 amide bonds. The summed E-state index contributed by atoms with van der Waals surface area (Å²) in [7, 11) is 1.63. The van der Waals surface area contributed by atoms with Crippen LogP contribution in [0.1, 0.15) is 18.9 Å². The number of hydrogen-bond donors (Lipinski definition) is 1. The van der Waals surface area contributed by atoms with Crippen molar-refractivity contribution in [3.63, 3.8) is 0 Å². The van der Waals surface area contributed by atoms with E-state index in [4.69, 9.17) is 5.11 Å². The average Bonchev–Trinajstić information content (AvgIpc) is 3.26. The summed E-state index contributed by atoms with van der Waals surface area (Å²) in [5.74, 6) is 0.682. The topological polar surface area (TPSA) is 85.3 Å². The van der Waals surface area contributed by atoms with Crippen molar-refractivity contribution in [2.24, 2.45) is 7.05 Å². The summed E-state index contributed by atoms with van der Waals surface area (Å²) in [5, 5.41) is 9.06. The molecule has 1 aliphatic rings. The molecule has 0 fully saturated rings. The number of nitrogens with zero attached hydrogens (tertiary/aromatic N) is 5. The van der Waals surface area contributed by atoms with E-state index >= 15 is 0 Å². The van der Waals surface area contributed by atoms with Crippen LogP contribution < -0.4 is 16.1 Å². The van der Waals surface area contributed by atoms with E-state index in [1.54, 1.807) is 7.05 Å². The highest BCUT2D eigenvalue weighted by molar-refractivity contribution is 5.77. The number of anilines is 2. The molecule has 0 spiro atoms. The fraction of sp³-hybridized carbons (Fsp3) is 0.421. The summed E-state index contributed by atoms with van der Waals surface area (Å²) in [6, 6.07) is 8.31. The number of benzene rings is 1. The van der Waals surface area contributed by atoms with E-state index in [9.17, 15) is 9.59 Å². The second kappa shape index (κ2) is 6.70. The Labute approximate surface area is 155 Å². The molecule has 0 unspecified atom stereocenters. The van der Waals surface area contributed by atoms with Crippen LogP contribution in [0.5, 0.6) is 0 Å². The van der Waals surface area contributed by atoms with Crippen LogP contribution >= 0.6 is 0 Å². The van der Waals surface area contributed by atoms with Crippen LogP contribution in [0.15, 0.2) is 33.9 Å². The first kappa shape index (κ1) is 17.5. The Balaban J connectivity index is 1.87. The van der Waals surface area contributed by atoms with Crippen LogP contribution in [0.25, 0.3) is 11.2 Å². The summed E-state index contributed by atoms with van der Waals surface area (Å²) in [4.78, 5) is 32.2. The van der Waals surface area contributed by atoms with Gasteiger partial charge in [0.1, 0.15) is 0 Å². The molecule has 1 aliphatic heterocycles. The Kier molecular flexibility index (Phi) is 4.35. The smallest absolute Gasteiger partial charge is 0.332 e. The van der Waals surface area contributed by atoms with Gasteiger partial charge in [-0.3, -0.25) is 13.9 Å². The van der Waals surface area contributed by atoms with Gasteiger partial charge in [-0.25, -0.2) is 4.79 Å². The van der Waals surface area contributed by atoms with Gasteiger partial charge in [-0.15, -0.1) is 0 Å². The lowest BCUT2D eigenvalue weighted by atomic mass is 10.1. The van der Waals surface area contributed by atoms with Gasteiger partial charge in [-0.05, 0) is 30.5 Å². The summed E-state index contributed by atoms with van der Waals surface area (Å²) in [6.45, 7) is 3.60. The van der Waals surface area contributed by atoms with E-state index in [1.165, 1.54) is 14.7 Å². The highest BCUT2D eigenvalue weighted by atomic mass is 16.3. The molecular weight excluding hydrogens is 346 g/mol. The number of hydrogen-bond acceptors (Lipinski definition) is 5. The average molecular weight is 369 g/mol. The summed E-state index contributed by atoms with van der Waals surface area (Å²) in [5.41, 5.74) is 2.38. The molecule has 0 bridgehead atoms. The first-order chi connectivity index (χ1) is 13.1. The molecule has 142 valence electrons. The van der Waals surface area contributed by atoms with Crippen LogP contribution in [0, 0.1) is 0 Å². The van der Waals surface area contributed by atoms with E-state index in [1.807, 2.05) is 4.57 Å². The van der Waals surface area contributed by atoms with Crippen molar-refractivity contribution in [1.29, 1.82) is 0 Å². The summed E-state index contributed by atoms with van der Waals surface area (Å²) in [6.07, 6.45) is 1.34. The molecule has 1 N–H and O–H groups in total. The van der Waals surface area contributed by atoms with E-state index in [0.29, 0.717) is 30.1 Å². The second-order valence-electron chi connectivity index (χ2n) is 6.78. The van der Waals surface area contributed by atoms with Gasteiger partial charge < -0.3 is 14.6 Å². The van der Waals surface area contributed by atoms with Crippen molar-refractivity contribution in [2.45, 2.75) is 32.9 Å². The molecule has 3 heterocycles. The monoisotopic (exact) mass is 369 g/mol. The van der Waals surface area contributed by atoms with Crippen LogP contribution in [-0.4, -0.2) is 36.9 Å². The first-order valence-corrected chi connectivity index (χ1v) is 9.24. The molecule has 0 aliphatic carbocycles. The second-order valence-corrected chi connectivity index (χ2v) is 6.78. The van der Waals surface area contributed by atoms with E-state index in [2.05, 4.69) is 41.1 Å². The Bertz CT molecular complexity index is 1110. The normalized spacial score (nSPS) is 13.5. The third-order valence-corrected chi connectivity index (χ3v) is 5.20. The van der Waals surface area contributed by atoms with Crippen LogP contribution in [0.3, 0.4) is 0 Å². The molecule has 1 aromatic carbocycles. The molecular formula is C19H23N5O3. The number of aromatic nitrogens is 4. The molecule has 2 aromatic heterocycles. The number of aliphatic hydroxyl groups is 1. The zero-order valence-corrected chi connectivity index (χ0v) is 15.6. The number of aliphatic hydroxyl groups excluding tert-OH is 1. The lowest BCUT2D eigenvalue weighted by Gasteiger charge is -2.16. The summed E-state index contributed by atoms with van der Waals surface area (Å²) < 4.78 is 4.49. The molecule has 3 aromatic rings. The Morgan fingerprint density at radius 2 is 1.89 bits per heavy atom. The van der Waals surface area contributed by atoms with Gasteiger partial charge in [-0.1, -0.05) is 19.1 Å². The van der Waals surface area contributed by atoms with Gasteiger partial charge >= 0.3 is 5.69 Å². The zero-order valence-electron chi connectivity index (χ0n) is 15.6. The Morgan fingerprint density at radius 1 is 1.15 bits per heavy atom. The van der Waals surface area contributed by atoms with E-state index < -0.39 is 5.69 Å². The molecule has 4 rings (SSSR count). The fourth-order valence-corrected chi connectivity index (χ4v) is 3.66. The van der Waals surface area contributed by atoms with Gasteiger partial charge in [0, 0.05) is 39.0 Å². The third kappa shape index (κ3) is 2.68. The maximum Gasteiger partial charge on any atom is 0.332 e. The molecule has 27 heavy (non-hydrogen) atoms. The maximum absolute atomic E-state index is 12.9. The van der Waals surface area contributed by atoms with Crippen molar-refractivity contribution in [2.75, 3.05) is 18.1 Å². The van der Waals surface area contributed by atoms with Gasteiger partial charge in [0.15, 0.2) is 11.2 Å². The number of imidazole rings is 1.